The van der Waals surface area contributed by atoms with E-state index in [1.807, 2.05) is 13.2 Å². The van der Waals surface area contributed by atoms with E-state index in [1.165, 1.54) is 37.5 Å². The summed E-state index contributed by atoms with van der Waals surface area (Å²) in [5.74, 6) is -2.12. The third-order valence-electron chi connectivity index (χ3n) is 6.19. The minimum absolute atomic E-state index is 0.0299. The first-order valence-corrected chi connectivity index (χ1v) is 12.4. The Morgan fingerprint density at radius 1 is 1.10 bits per heavy atom. The van der Waals surface area contributed by atoms with E-state index in [1.54, 1.807) is 29.2 Å². The molecule has 212 valence electrons. The van der Waals surface area contributed by atoms with Crippen LogP contribution in [0, 0.1) is 11.6 Å². The van der Waals surface area contributed by atoms with Crippen LogP contribution in [-0.4, -0.2) is 30.8 Å². The van der Waals surface area contributed by atoms with Crippen LogP contribution < -0.4 is 32.0 Å². The molecule has 0 bridgehead atoms. The van der Waals surface area contributed by atoms with Gasteiger partial charge in [-0.25, -0.2) is 23.1 Å². The Balaban J connectivity index is 1.40. The Kier molecular flexibility index (Phi) is 7.47. The van der Waals surface area contributed by atoms with Gasteiger partial charge in [0.1, 0.15) is 11.4 Å². The maximum Gasteiger partial charge on any atom is 0.335 e. The highest BCUT2D eigenvalue weighted by atomic mass is 19.1. The number of nitrogens with two attached hydrogens (primary N) is 1. The molecule has 0 aliphatic carbocycles. The number of dihydropyridines is 1. The van der Waals surface area contributed by atoms with E-state index in [0.29, 0.717) is 17.0 Å². The summed E-state index contributed by atoms with van der Waals surface area (Å²) in [6, 6.07) is 8.38. The first-order chi connectivity index (χ1) is 20.1. The lowest BCUT2D eigenvalue weighted by Crippen LogP contribution is -2.41. The number of halogens is 2. The van der Waals surface area contributed by atoms with Crippen LogP contribution >= 0.6 is 0 Å². The van der Waals surface area contributed by atoms with Crippen molar-refractivity contribution >= 4 is 23.4 Å². The molecular weight excluding hydrogens is 548 g/mol. The number of aromatic nitrogens is 4. The number of benzene rings is 2. The van der Waals surface area contributed by atoms with Gasteiger partial charge in [0.05, 0.1) is 23.4 Å². The van der Waals surface area contributed by atoms with Crippen molar-refractivity contribution in [1.82, 2.24) is 24.0 Å². The molecule has 11 nitrogen and oxygen atoms in total. The number of allylic oxidation sites excluding steroid dienone is 3. The fourth-order valence-electron chi connectivity index (χ4n) is 4.13. The zero-order valence-corrected chi connectivity index (χ0v) is 22.3. The lowest BCUT2D eigenvalue weighted by molar-refractivity contribution is -0.104. The van der Waals surface area contributed by atoms with Gasteiger partial charge in [-0.1, -0.05) is 0 Å². The standard InChI is InChI=1S/C29H23F2N7O4/c1-36-15-24(34-16-36)17-11-26(23(9-10-32)33-13-17)42-25-8-5-19(12-22(25)31)35-27(39)21-14-37(2)29(41)38(28(21)40)20-6-3-18(30)4-7-20/h3-16,32-33H,1-2H3,(H,35,39)/p+1/b23-9-,32-10?. The second kappa shape index (κ2) is 11.3. The molecule has 0 fully saturated rings. The number of amides is 1. The minimum atomic E-state index is -0.924. The average Bonchev–Trinajstić information content (AvgIpc) is 3.40. The molecule has 0 spiro atoms. The van der Waals surface area contributed by atoms with Gasteiger partial charge < -0.3 is 24.5 Å². The van der Waals surface area contributed by atoms with E-state index in [-0.39, 0.29) is 28.4 Å². The molecule has 1 amide bonds. The van der Waals surface area contributed by atoms with Crippen LogP contribution in [0.5, 0.6) is 5.75 Å². The normalized spacial score (nSPS) is 13.7. The van der Waals surface area contributed by atoms with Gasteiger partial charge in [0.2, 0.25) is 0 Å². The first kappa shape index (κ1) is 27.7. The molecule has 3 heterocycles. The third-order valence-corrected chi connectivity index (χ3v) is 6.19. The van der Waals surface area contributed by atoms with Crippen LogP contribution in [0.2, 0.25) is 0 Å². The lowest BCUT2D eigenvalue weighted by atomic mass is 10.1. The second-order valence-electron chi connectivity index (χ2n) is 9.20. The average molecular weight is 573 g/mol. The van der Waals surface area contributed by atoms with Crippen LogP contribution in [0.15, 0.2) is 101 Å². The monoisotopic (exact) mass is 572 g/mol. The Hall–Kier alpha value is -5.85. The topological polar surface area (TPSA) is 138 Å². The minimum Gasteiger partial charge on any atom is -0.452 e. The summed E-state index contributed by atoms with van der Waals surface area (Å²) in [4.78, 5) is 43.0. The summed E-state index contributed by atoms with van der Waals surface area (Å²) in [5, 5.41) is 11.1. The highest BCUT2D eigenvalue weighted by molar-refractivity contribution is 6.03. The number of ether oxygens (including phenoxy) is 1. The highest BCUT2D eigenvalue weighted by Crippen LogP contribution is 2.28. The Bertz CT molecular complexity index is 1930. The maximum atomic E-state index is 15.2. The quantitative estimate of drug-likeness (QED) is 0.287. The molecule has 13 heteroatoms. The number of nitrogens with zero attached hydrogens (tertiary/aromatic N) is 4. The number of aryl methyl sites for hydroxylation is 2. The third kappa shape index (κ3) is 5.56. The van der Waals surface area contributed by atoms with Gasteiger partial charge in [0, 0.05) is 56.1 Å². The van der Waals surface area contributed by atoms with Crippen LogP contribution in [-0.2, 0) is 14.1 Å². The molecule has 0 radical (unpaired) electrons. The number of nitrogens with one attached hydrogen (secondary N) is 2. The first-order valence-electron chi connectivity index (χ1n) is 12.4. The molecule has 0 atom stereocenters. The van der Waals surface area contributed by atoms with Crippen LogP contribution in [0.4, 0.5) is 14.5 Å². The summed E-state index contributed by atoms with van der Waals surface area (Å²) in [5.41, 5.74) is -0.107. The summed E-state index contributed by atoms with van der Waals surface area (Å²) < 4.78 is 38.0. The van der Waals surface area contributed by atoms with Crippen LogP contribution in [0.1, 0.15) is 16.1 Å². The van der Waals surface area contributed by atoms with Crippen molar-refractivity contribution in [3.8, 4) is 11.4 Å². The summed E-state index contributed by atoms with van der Waals surface area (Å²) in [6.45, 7) is 0. The Morgan fingerprint density at radius 2 is 1.86 bits per heavy atom. The molecule has 1 aliphatic rings. The van der Waals surface area contributed by atoms with E-state index >= 15 is 4.39 Å². The maximum absolute atomic E-state index is 15.2. The number of hydrogen-bond acceptors (Lipinski definition) is 6. The largest absolute Gasteiger partial charge is 0.452 e. The molecule has 0 saturated heterocycles. The molecule has 4 aromatic rings. The van der Waals surface area contributed by atoms with Gasteiger partial charge in [0.15, 0.2) is 23.5 Å². The van der Waals surface area contributed by atoms with Crippen molar-refractivity contribution in [2.75, 3.05) is 5.32 Å². The molecule has 0 saturated carbocycles. The van der Waals surface area contributed by atoms with Crippen molar-refractivity contribution in [3.63, 3.8) is 0 Å². The molecule has 5 rings (SSSR count). The molecular formula is C29H24F2N7O4+. The highest BCUT2D eigenvalue weighted by Gasteiger charge is 2.20. The number of carbonyl (C=O) groups excluding carboxylic acids is 1. The van der Waals surface area contributed by atoms with Gasteiger partial charge >= 0.3 is 5.69 Å². The molecule has 4 N–H and O–H groups in total. The second-order valence-corrected chi connectivity index (χ2v) is 9.20. The SMILES string of the molecule is Cn1cnc(C2=CN/C(=C\C=[NH2+])C(Oc3ccc(NC(=O)c4cn(C)c(=O)n(-c5ccc(F)cc5)c4=O)cc3F)=C2)c1. The van der Waals surface area contributed by atoms with Crippen molar-refractivity contribution in [1.29, 1.82) is 0 Å². The fraction of sp³-hybridized carbons (Fsp3) is 0.0690. The number of imidazole rings is 1. The number of rotatable bonds is 7. The zero-order valence-electron chi connectivity index (χ0n) is 22.3. The molecule has 0 unspecified atom stereocenters. The van der Waals surface area contributed by atoms with Gasteiger partial charge in [-0.05, 0) is 42.5 Å². The van der Waals surface area contributed by atoms with Crippen molar-refractivity contribution < 1.29 is 23.7 Å². The molecule has 42 heavy (non-hydrogen) atoms. The molecule has 2 aromatic carbocycles. The van der Waals surface area contributed by atoms with E-state index in [2.05, 4.69) is 15.6 Å². The molecule has 1 aliphatic heterocycles. The zero-order chi connectivity index (χ0) is 30.0. The van der Waals surface area contributed by atoms with E-state index < -0.39 is 28.8 Å². The number of carbonyl (C=O) groups is 1. The van der Waals surface area contributed by atoms with Gasteiger partial charge in [-0.2, -0.15) is 0 Å². The van der Waals surface area contributed by atoms with Crippen LogP contribution in [0.25, 0.3) is 11.3 Å². The predicted octanol–water partition coefficient (Wildman–Crippen LogP) is 1.42. The van der Waals surface area contributed by atoms with Crippen molar-refractivity contribution in [2.45, 2.75) is 0 Å². The smallest absolute Gasteiger partial charge is 0.335 e. The Labute approximate surface area is 236 Å². The van der Waals surface area contributed by atoms with Crippen LogP contribution in [0.3, 0.4) is 0 Å². The molecule has 2 aromatic heterocycles. The predicted molar refractivity (Wildman–Crippen MR) is 151 cm³/mol. The van der Waals surface area contributed by atoms with E-state index in [0.717, 1.165) is 33.5 Å². The van der Waals surface area contributed by atoms with Crippen molar-refractivity contribution in [2.24, 2.45) is 14.1 Å². The van der Waals surface area contributed by atoms with E-state index in [9.17, 15) is 18.8 Å². The Morgan fingerprint density at radius 3 is 2.52 bits per heavy atom. The van der Waals surface area contributed by atoms with Gasteiger partial charge in [0.25, 0.3) is 11.5 Å². The number of hydrogen-bond donors (Lipinski definition) is 3. The van der Waals surface area contributed by atoms with Gasteiger partial charge in [-0.3, -0.25) is 15.0 Å². The van der Waals surface area contributed by atoms with Crippen molar-refractivity contribution in [3.05, 3.63) is 135 Å². The summed E-state index contributed by atoms with van der Waals surface area (Å²) in [6.07, 6.45) is 10.8. The van der Waals surface area contributed by atoms with E-state index in [4.69, 9.17) is 10.1 Å². The van der Waals surface area contributed by atoms with Gasteiger partial charge in [-0.15, -0.1) is 0 Å². The lowest BCUT2D eigenvalue weighted by Gasteiger charge is -2.19. The summed E-state index contributed by atoms with van der Waals surface area (Å²) >= 11 is 0. The fourth-order valence-corrected chi connectivity index (χ4v) is 4.13. The summed E-state index contributed by atoms with van der Waals surface area (Å²) in [7, 11) is 3.19. The number of anilines is 1.